The fourth-order valence-corrected chi connectivity index (χ4v) is 4.02. The first-order valence-electron chi connectivity index (χ1n) is 10.6. The molecule has 4 rings (SSSR count). The second-order valence-electron chi connectivity index (χ2n) is 8.00. The molecule has 2 N–H and O–H groups in total. The van der Waals surface area contributed by atoms with Crippen LogP contribution in [-0.2, 0) is 6.42 Å². The maximum absolute atomic E-state index is 14.1. The van der Waals surface area contributed by atoms with Gasteiger partial charge in [-0.1, -0.05) is 30.3 Å². The zero-order chi connectivity index (χ0) is 24.5. The van der Waals surface area contributed by atoms with Gasteiger partial charge in [-0.2, -0.15) is 0 Å². The highest BCUT2D eigenvalue weighted by Crippen LogP contribution is 2.28. The van der Waals surface area contributed by atoms with E-state index in [1.807, 2.05) is 13.8 Å². The Balaban J connectivity index is 1.39. The molecule has 0 unspecified atom stereocenters. The second kappa shape index (κ2) is 9.21. The normalized spacial score (nSPS) is 11.6. The summed E-state index contributed by atoms with van der Waals surface area (Å²) >= 11 is 0. The Bertz CT molecular complexity index is 1320. The third-order valence-electron chi connectivity index (χ3n) is 5.66. The van der Waals surface area contributed by atoms with Crippen LogP contribution in [0.15, 0.2) is 60.7 Å². The lowest BCUT2D eigenvalue weighted by molar-refractivity contribution is -0.274. The largest absolute Gasteiger partial charge is 0.573 e. The smallest absolute Gasteiger partial charge is 0.406 e. The molecule has 0 fully saturated rings. The second-order valence-corrected chi connectivity index (χ2v) is 8.00. The van der Waals surface area contributed by atoms with Crippen LogP contribution in [0.4, 0.5) is 17.6 Å². The highest BCUT2D eigenvalue weighted by molar-refractivity contribution is 5.95. The van der Waals surface area contributed by atoms with Crippen LogP contribution in [0.5, 0.6) is 5.75 Å². The van der Waals surface area contributed by atoms with Crippen molar-refractivity contribution in [3.63, 3.8) is 0 Å². The van der Waals surface area contributed by atoms with Crippen molar-refractivity contribution in [3.05, 3.63) is 88.9 Å². The fraction of sp³-hybridized carbons (Fsp3) is 0.192. The number of H-pyrrole nitrogens is 1. The predicted octanol–water partition coefficient (Wildman–Crippen LogP) is 6.46. The van der Waals surface area contributed by atoms with Gasteiger partial charge in [0.1, 0.15) is 11.6 Å². The highest BCUT2D eigenvalue weighted by Gasteiger charge is 2.31. The van der Waals surface area contributed by atoms with Crippen LogP contribution in [0.1, 0.15) is 27.2 Å². The van der Waals surface area contributed by atoms with Crippen molar-refractivity contribution in [2.75, 3.05) is 6.54 Å². The number of halogens is 4. The fourth-order valence-electron chi connectivity index (χ4n) is 4.02. The molecule has 1 heterocycles. The highest BCUT2D eigenvalue weighted by atomic mass is 19.4. The number of fused-ring (bicyclic) bond motifs is 1. The number of nitrogens with one attached hydrogen (secondary N) is 2. The average Bonchev–Trinajstić information content (AvgIpc) is 3.13. The first-order valence-corrected chi connectivity index (χ1v) is 10.6. The van der Waals surface area contributed by atoms with E-state index >= 15 is 0 Å². The number of hydrogen-bond donors (Lipinski definition) is 2. The molecule has 4 nitrogen and oxygen atoms in total. The molecule has 34 heavy (non-hydrogen) atoms. The van der Waals surface area contributed by atoms with Gasteiger partial charge < -0.3 is 15.0 Å². The van der Waals surface area contributed by atoms with E-state index in [9.17, 15) is 22.4 Å². The maximum Gasteiger partial charge on any atom is 0.573 e. The molecule has 0 saturated heterocycles. The lowest BCUT2D eigenvalue weighted by Gasteiger charge is -2.10. The topological polar surface area (TPSA) is 54.1 Å². The molecule has 4 aromatic rings. The number of hydrogen-bond acceptors (Lipinski definition) is 2. The van der Waals surface area contributed by atoms with Gasteiger partial charge in [0.15, 0.2) is 0 Å². The third-order valence-corrected chi connectivity index (χ3v) is 5.66. The number of amides is 1. The zero-order valence-corrected chi connectivity index (χ0v) is 18.5. The molecule has 0 spiro atoms. The Morgan fingerprint density at radius 3 is 2.18 bits per heavy atom. The summed E-state index contributed by atoms with van der Waals surface area (Å²) in [5, 5.41) is 3.73. The molecule has 1 aromatic heterocycles. The number of aromatic nitrogens is 1. The van der Waals surface area contributed by atoms with Crippen molar-refractivity contribution in [2.24, 2.45) is 0 Å². The van der Waals surface area contributed by atoms with Gasteiger partial charge in [-0.15, -0.1) is 13.2 Å². The van der Waals surface area contributed by atoms with Crippen molar-refractivity contribution >= 4 is 16.8 Å². The zero-order valence-electron chi connectivity index (χ0n) is 18.5. The summed E-state index contributed by atoms with van der Waals surface area (Å²) in [7, 11) is 0. The van der Waals surface area contributed by atoms with Gasteiger partial charge in [-0.3, -0.25) is 4.79 Å². The summed E-state index contributed by atoms with van der Waals surface area (Å²) < 4.78 is 54.9. The van der Waals surface area contributed by atoms with Crippen LogP contribution in [0.3, 0.4) is 0 Å². The van der Waals surface area contributed by atoms with E-state index < -0.39 is 6.36 Å². The molecular formula is C26H22F4N2O2. The van der Waals surface area contributed by atoms with Gasteiger partial charge in [0.2, 0.25) is 0 Å². The van der Waals surface area contributed by atoms with Crippen LogP contribution < -0.4 is 10.1 Å². The molecule has 0 bridgehead atoms. The number of carbonyl (C=O) groups is 1. The van der Waals surface area contributed by atoms with Gasteiger partial charge >= 0.3 is 6.36 Å². The lowest BCUT2D eigenvalue weighted by Crippen LogP contribution is -2.25. The Morgan fingerprint density at radius 2 is 1.56 bits per heavy atom. The van der Waals surface area contributed by atoms with Crippen molar-refractivity contribution < 1.29 is 27.1 Å². The summed E-state index contributed by atoms with van der Waals surface area (Å²) in [4.78, 5) is 15.7. The molecule has 0 aliphatic carbocycles. The Hall–Kier alpha value is -3.81. The molecule has 0 atom stereocenters. The Labute approximate surface area is 193 Å². The summed E-state index contributed by atoms with van der Waals surface area (Å²) in [5.41, 5.74) is 5.19. The molecule has 3 aromatic carbocycles. The first kappa shape index (κ1) is 23.4. The van der Waals surface area contributed by atoms with Gasteiger partial charge in [0.05, 0.1) is 5.52 Å². The molecule has 0 saturated carbocycles. The van der Waals surface area contributed by atoms with E-state index in [2.05, 4.69) is 15.0 Å². The van der Waals surface area contributed by atoms with Crippen molar-refractivity contribution in [1.82, 2.24) is 10.3 Å². The van der Waals surface area contributed by atoms with Gasteiger partial charge in [0.25, 0.3) is 5.91 Å². The average molecular weight is 470 g/mol. The molecule has 0 aliphatic heterocycles. The van der Waals surface area contributed by atoms with E-state index in [1.165, 1.54) is 30.3 Å². The monoisotopic (exact) mass is 470 g/mol. The minimum atomic E-state index is -4.74. The van der Waals surface area contributed by atoms with Crippen LogP contribution in [0.25, 0.3) is 22.0 Å². The van der Waals surface area contributed by atoms with Gasteiger partial charge in [-0.05, 0) is 72.9 Å². The quantitative estimate of drug-likeness (QED) is 0.318. The van der Waals surface area contributed by atoms with E-state index in [-0.39, 0.29) is 17.5 Å². The van der Waals surface area contributed by atoms with E-state index in [1.54, 1.807) is 30.3 Å². The van der Waals surface area contributed by atoms with Gasteiger partial charge in [-0.25, -0.2) is 4.39 Å². The number of aryl methyl sites for hydroxylation is 2. The molecular weight excluding hydrogens is 448 g/mol. The molecule has 176 valence electrons. The van der Waals surface area contributed by atoms with E-state index in [0.717, 1.165) is 27.8 Å². The summed E-state index contributed by atoms with van der Waals surface area (Å²) in [6, 6.07) is 15.5. The summed E-state index contributed by atoms with van der Waals surface area (Å²) in [6.07, 6.45) is -4.19. The maximum atomic E-state index is 14.1. The van der Waals surface area contributed by atoms with Gasteiger partial charge in [0, 0.05) is 23.2 Å². The minimum Gasteiger partial charge on any atom is -0.406 e. The third kappa shape index (κ3) is 5.06. The number of rotatable bonds is 6. The van der Waals surface area contributed by atoms with Crippen molar-refractivity contribution in [3.8, 4) is 16.9 Å². The standard InChI is InChI=1S/C26H22F4N2O2/c1-15-3-12-22(27)24-23(15)21(16(2)32-24)13-14-31-25(33)19-6-4-17(5-7-19)18-8-10-20(11-9-18)34-26(28,29)30/h3-12,32H,13-14H2,1-2H3,(H,31,33). The summed E-state index contributed by atoms with van der Waals surface area (Å²) in [6.45, 7) is 4.19. The van der Waals surface area contributed by atoms with Crippen molar-refractivity contribution in [1.29, 1.82) is 0 Å². The Morgan fingerprint density at radius 1 is 0.941 bits per heavy atom. The van der Waals surface area contributed by atoms with Crippen LogP contribution >= 0.6 is 0 Å². The first-order chi connectivity index (χ1) is 16.1. The van der Waals surface area contributed by atoms with E-state index in [4.69, 9.17) is 0 Å². The summed E-state index contributed by atoms with van der Waals surface area (Å²) in [5.74, 6) is -0.849. The van der Waals surface area contributed by atoms with Crippen molar-refractivity contribution in [2.45, 2.75) is 26.6 Å². The molecule has 8 heteroatoms. The molecule has 1 amide bonds. The van der Waals surface area contributed by atoms with E-state index in [0.29, 0.717) is 29.6 Å². The van der Waals surface area contributed by atoms with Crippen LogP contribution in [0, 0.1) is 19.7 Å². The Kier molecular flexibility index (Phi) is 6.32. The number of carbonyl (C=O) groups excluding carboxylic acids is 1. The number of alkyl halides is 3. The number of ether oxygens (including phenoxy) is 1. The number of aromatic amines is 1. The van der Waals surface area contributed by atoms with Crippen LogP contribution in [-0.4, -0.2) is 23.8 Å². The molecule has 0 aliphatic rings. The lowest BCUT2D eigenvalue weighted by atomic mass is 10.0. The predicted molar refractivity (Wildman–Crippen MR) is 122 cm³/mol. The number of benzene rings is 3. The molecule has 0 radical (unpaired) electrons. The van der Waals surface area contributed by atoms with Crippen LogP contribution in [0.2, 0.25) is 0 Å². The SMILES string of the molecule is Cc1[nH]c2c(F)ccc(C)c2c1CCNC(=O)c1ccc(-c2ccc(OC(F)(F)F)cc2)cc1. The minimum absolute atomic E-state index is 0.249.